The third-order valence-corrected chi connectivity index (χ3v) is 2.79. The van der Waals surface area contributed by atoms with Crippen molar-refractivity contribution in [3.8, 4) is 0 Å². The molecule has 0 saturated carbocycles. The van der Waals surface area contributed by atoms with Crippen molar-refractivity contribution in [3.05, 3.63) is 35.8 Å². The first-order chi connectivity index (χ1) is 7.86. The van der Waals surface area contributed by atoms with Gasteiger partial charge in [-0.3, -0.25) is 14.7 Å². The third kappa shape index (κ3) is 1.38. The van der Waals surface area contributed by atoms with Crippen LogP contribution in [-0.2, 0) is 9.53 Å². The predicted molar refractivity (Wildman–Crippen MR) is 59.6 cm³/mol. The van der Waals surface area contributed by atoms with E-state index < -0.39 is 0 Å². The zero-order valence-electron chi connectivity index (χ0n) is 8.85. The van der Waals surface area contributed by atoms with Crippen LogP contribution in [0.4, 0.5) is 0 Å². The average molecular weight is 216 g/mol. The topological polar surface area (TPSA) is 41.9 Å². The van der Waals surface area contributed by atoms with Gasteiger partial charge in [0.05, 0.1) is 5.70 Å². The Labute approximate surface area is 93.6 Å². The number of hydrogen-bond acceptors (Lipinski definition) is 3. The van der Waals surface area contributed by atoms with Gasteiger partial charge >= 0.3 is 0 Å². The van der Waals surface area contributed by atoms with E-state index >= 15 is 0 Å². The molecule has 4 heteroatoms. The van der Waals surface area contributed by atoms with Gasteiger partial charge in [0, 0.05) is 13.0 Å². The molecule has 0 saturated heterocycles. The van der Waals surface area contributed by atoms with Gasteiger partial charge < -0.3 is 4.74 Å². The molecule has 0 aromatic rings. The molecule has 0 spiro atoms. The van der Waals surface area contributed by atoms with Crippen molar-refractivity contribution < 1.29 is 9.53 Å². The van der Waals surface area contributed by atoms with Crippen molar-refractivity contribution in [2.45, 2.75) is 12.8 Å². The number of ether oxygens (including phenoxy) is 1. The molecule has 0 fully saturated rings. The Morgan fingerprint density at radius 3 is 3.12 bits per heavy atom. The molecule has 0 aromatic carbocycles. The summed E-state index contributed by atoms with van der Waals surface area (Å²) in [5.41, 5.74) is 0.823. The van der Waals surface area contributed by atoms with Crippen LogP contribution in [0.5, 0.6) is 0 Å². The molecule has 0 bridgehead atoms. The fourth-order valence-electron chi connectivity index (χ4n) is 2.04. The summed E-state index contributed by atoms with van der Waals surface area (Å²) in [5.74, 6) is 1.61. The summed E-state index contributed by atoms with van der Waals surface area (Å²) in [4.78, 5) is 17.9. The molecular weight excluding hydrogens is 204 g/mol. The molecule has 4 nitrogen and oxygen atoms in total. The first-order valence-corrected chi connectivity index (χ1v) is 5.43. The van der Waals surface area contributed by atoms with E-state index in [1.54, 1.807) is 4.90 Å². The Balaban J connectivity index is 2.10. The molecular formula is C12H12N2O2. The second kappa shape index (κ2) is 3.63. The van der Waals surface area contributed by atoms with Crippen LogP contribution in [0.3, 0.4) is 0 Å². The molecule has 0 N–H and O–H groups in total. The van der Waals surface area contributed by atoms with Crippen LogP contribution in [0, 0.1) is 0 Å². The van der Waals surface area contributed by atoms with Crippen LogP contribution in [0.15, 0.2) is 40.8 Å². The monoisotopic (exact) mass is 216 g/mol. The zero-order chi connectivity index (χ0) is 11.0. The van der Waals surface area contributed by atoms with E-state index in [-0.39, 0.29) is 5.91 Å². The highest BCUT2D eigenvalue weighted by molar-refractivity contribution is 6.03. The van der Waals surface area contributed by atoms with Crippen LogP contribution in [-0.4, -0.2) is 29.8 Å². The number of rotatable bonds is 0. The highest BCUT2D eigenvalue weighted by Crippen LogP contribution is 2.25. The van der Waals surface area contributed by atoms with Gasteiger partial charge in [-0.15, -0.1) is 0 Å². The number of carbonyl (C=O) groups excluding carboxylic acids is 1. The number of amides is 1. The van der Waals surface area contributed by atoms with Crippen molar-refractivity contribution in [1.29, 1.82) is 0 Å². The smallest absolute Gasteiger partial charge is 0.234 e. The lowest BCUT2D eigenvalue weighted by Crippen LogP contribution is -2.44. The van der Waals surface area contributed by atoms with Gasteiger partial charge in [-0.05, 0) is 18.6 Å². The molecule has 0 radical (unpaired) electrons. The minimum atomic E-state index is 0.112. The first kappa shape index (κ1) is 9.39. The number of amidine groups is 1. The molecule has 82 valence electrons. The van der Waals surface area contributed by atoms with Gasteiger partial charge in [0.25, 0.3) is 0 Å². The number of aliphatic imine (C=N–C) groups is 1. The standard InChI is InChI=1S/C12H12N2O2/c15-12-6-7-13-11-8-16-10-5-3-1-2-4-9(10)14(11)12/h2-5H,1,6-8H2. The lowest BCUT2D eigenvalue weighted by Gasteiger charge is -2.33. The molecule has 16 heavy (non-hydrogen) atoms. The van der Waals surface area contributed by atoms with Gasteiger partial charge in [-0.1, -0.05) is 12.2 Å². The SMILES string of the molecule is O=C1CCN=C2COC3=C(C=CCC=C3)N12. The fourth-order valence-corrected chi connectivity index (χ4v) is 2.04. The van der Waals surface area contributed by atoms with Crippen LogP contribution in [0.25, 0.3) is 0 Å². The Hall–Kier alpha value is -1.84. The van der Waals surface area contributed by atoms with Crippen molar-refractivity contribution in [2.24, 2.45) is 4.99 Å². The molecule has 2 aliphatic heterocycles. The van der Waals surface area contributed by atoms with E-state index in [1.165, 1.54) is 0 Å². The van der Waals surface area contributed by atoms with Gasteiger partial charge in [0.15, 0.2) is 0 Å². The number of nitrogens with zero attached hydrogens (tertiary/aromatic N) is 2. The van der Waals surface area contributed by atoms with Gasteiger partial charge in [-0.25, -0.2) is 0 Å². The van der Waals surface area contributed by atoms with Crippen LogP contribution < -0.4 is 0 Å². The maximum atomic E-state index is 11.9. The molecule has 0 unspecified atom stereocenters. The van der Waals surface area contributed by atoms with E-state index in [0.717, 1.165) is 23.7 Å². The summed E-state index contributed by atoms with van der Waals surface area (Å²) in [6.07, 6.45) is 9.26. The minimum Gasteiger partial charge on any atom is -0.483 e. The second-order valence-electron chi connectivity index (χ2n) is 3.86. The van der Waals surface area contributed by atoms with Gasteiger partial charge in [0.2, 0.25) is 5.91 Å². The van der Waals surface area contributed by atoms with E-state index in [1.807, 2.05) is 24.3 Å². The highest BCUT2D eigenvalue weighted by Gasteiger charge is 2.31. The van der Waals surface area contributed by atoms with Crippen molar-refractivity contribution in [1.82, 2.24) is 4.90 Å². The summed E-state index contributed by atoms with van der Waals surface area (Å²) in [7, 11) is 0. The predicted octanol–water partition coefficient (Wildman–Crippen LogP) is 1.38. The lowest BCUT2D eigenvalue weighted by atomic mass is 10.2. The maximum absolute atomic E-state index is 11.9. The van der Waals surface area contributed by atoms with E-state index in [9.17, 15) is 4.79 Å². The summed E-state index contributed by atoms with van der Waals surface area (Å²) in [6, 6.07) is 0. The molecule has 3 rings (SSSR count). The van der Waals surface area contributed by atoms with Crippen molar-refractivity contribution in [2.75, 3.05) is 13.2 Å². The minimum absolute atomic E-state index is 0.112. The Kier molecular flexibility index (Phi) is 2.13. The second-order valence-corrected chi connectivity index (χ2v) is 3.86. The third-order valence-electron chi connectivity index (χ3n) is 2.79. The van der Waals surface area contributed by atoms with Crippen LogP contribution in [0.1, 0.15) is 12.8 Å². The number of hydrogen-bond donors (Lipinski definition) is 0. The van der Waals surface area contributed by atoms with E-state index in [4.69, 9.17) is 4.74 Å². The number of fused-ring (bicyclic) bond motifs is 2. The molecule has 2 heterocycles. The molecule has 0 atom stereocenters. The van der Waals surface area contributed by atoms with E-state index in [0.29, 0.717) is 19.6 Å². The van der Waals surface area contributed by atoms with Gasteiger partial charge in [0.1, 0.15) is 18.2 Å². The van der Waals surface area contributed by atoms with Crippen LogP contribution in [0.2, 0.25) is 0 Å². The average Bonchev–Trinajstić information content (AvgIpc) is 2.54. The van der Waals surface area contributed by atoms with Crippen molar-refractivity contribution >= 4 is 11.7 Å². The summed E-state index contributed by atoms with van der Waals surface area (Å²) in [5, 5.41) is 0. The van der Waals surface area contributed by atoms with Crippen molar-refractivity contribution in [3.63, 3.8) is 0 Å². The Morgan fingerprint density at radius 1 is 1.31 bits per heavy atom. The quantitative estimate of drug-likeness (QED) is 0.613. The highest BCUT2D eigenvalue weighted by atomic mass is 16.5. The summed E-state index contributed by atoms with van der Waals surface area (Å²) >= 11 is 0. The fraction of sp³-hybridized carbons (Fsp3) is 0.333. The van der Waals surface area contributed by atoms with Crippen LogP contribution >= 0.6 is 0 Å². The number of allylic oxidation sites excluding steroid dienone is 4. The number of carbonyl (C=O) groups is 1. The first-order valence-electron chi connectivity index (χ1n) is 5.43. The Bertz CT molecular complexity index is 458. The molecule has 1 amide bonds. The lowest BCUT2D eigenvalue weighted by molar-refractivity contribution is -0.126. The van der Waals surface area contributed by atoms with Gasteiger partial charge in [-0.2, -0.15) is 0 Å². The normalized spacial score (nSPS) is 23.4. The molecule has 0 aromatic heterocycles. The maximum Gasteiger partial charge on any atom is 0.234 e. The largest absolute Gasteiger partial charge is 0.483 e. The molecule has 3 aliphatic rings. The Morgan fingerprint density at radius 2 is 2.19 bits per heavy atom. The molecule has 1 aliphatic carbocycles. The van der Waals surface area contributed by atoms with E-state index in [2.05, 4.69) is 4.99 Å². The zero-order valence-corrected chi connectivity index (χ0v) is 8.85. The summed E-state index contributed by atoms with van der Waals surface area (Å²) in [6.45, 7) is 0.971. The summed E-state index contributed by atoms with van der Waals surface area (Å²) < 4.78 is 5.60.